The molecule has 0 bridgehead atoms. The fraction of sp³-hybridized carbons (Fsp3) is 1.00. The largest absolute Gasteiger partial charge is 0.381 e. The summed E-state index contributed by atoms with van der Waals surface area (Å²) in [6, 6.07) is 3.93. The lowest BCUT2D eigenvalue weighted by Crippen LogP contribution is -2.67. The van der Waals surface area contributed by atoms with Crippen molar-refractivity contribution in [1.29, 1.82) is 0 Å². The molecule has 6 nitrogen and oxygen atoms in total. The third kappa shape index (κ3) is 4.07. The van der Waals surface area contributed by atoms with Gasteiger partial charge < -0.3 is 20.1 Å². The Morgan fingerprint density at radius 2 is 1.11 bits per heavy atom. The summed E-state index contributed by atoms with van der Waals surface area (Å²) in [5, 5.41) is 7.40. The Bertz CT molecular complexity index is 439. The Kier molecular flexibility index (Phi) is 6.41. The summed E-state index contributed by atoms with van der Waals surface area (Å²) in [7, 11) is 3.72. The minimum Gasteiger partial charge on any atom is -0.381 e. The van der Waals surface area contributed by atoms with Gasteiger partial charge in [-0.15, -0.1) is 0 Å². The van der Waals surface area contributed by atoms with Crippen LogP contribution in [0.4, 0.5) is 0 Å². The van der Waals surface area contributed by atoms with Crippen LogP contribution in [0.5, 0.6) is 0 Å². The van der Waals surface area contributed by atoms with Gasteiger partial charge in [-0.05, 0) is 46.0 Å². The summed E-state index contributed by atoms with van der Waals surface area (Å²) in [6.07, 6.45) is 7.04. The lowest BCUT2D eigenvalue weighted by molar-refractivity contribution is -0.0855. The maximum absolute atomic E-state index is 5.56. The molecule has 2 N–H and O–H groups in total. The second-order valence-electron chi connectivity index (χ2n) is 9.42. The van der Waals surface area contributed by atoms with E-state index in [-0.39, 0.29) is 0 Å². The van der Waals surface area contributed by atoms with Crippen LogP contribution in [0.25, 0.3) is 0 Å². The molecule has 2 saturated carbocycles. The molecule has 4 atom stereocenters. The minimum absolute atomic E-state index is 0.478. The van der Waals surface area contributed by atoms with Crippen molar-refractivity contribution < 1.29 is 9.47 Å². The number of piperazine rings is 2. The summed E-state index contributed by atoms with van der Waals surface area (Å²) in [6.45, 7) is 9.28. The Morgan fingerprint density at radius 1 is 0.704 bits per heavy atom. The van der Waals surface area contributed by atoms with Gasteiger partial charge in [0.25, 0.3) is 0 Å². The van der Waals surface area contributed by atoms with Gasteiger partial charge in [0.05, 0.1) is 12.2 Å². The summed E-state index contributed by atoms with van der Waals surface area (Å²) >= 11 is 0. The zero-order chi connectivity index (χ0) is 19.0. The first-order valence-corrected chi connectivity index (χ1v) is 11.1. The number of nitrogens with zero attached hydrogens (tertiary/aromatic N) is 2. The van der Waals surface area contributed by atoms with Crippen molar-refractivity contribution in [1.82, 2.24) is 20.4 Å². The number of ether oxygens (including phenoxy) is 2. The highest BCUT2D eigenvalue weighted by molar-refractivity contribution is 5.01. The number of rotatable bonds is 6. The van der Waals surface area contributed by atoms with Gasteiger partial charge >= 0.3 is 0 Å². The molecule has 2 saturated heterocycles. The first-order chi connectivity index (χ1) is 13.1. The molecule has 0 aromatic heterocycles. The predicted octanol–water partition coefficient (Wildman–Crippen LogP) is 1.06. The lowest BCUT2D eigenvalue weighted by atomic mass is 9.82. The van der Waals surface area contributed by atoms with E-state index in [9.17, 15) is 0 Å². The second kappa shape index (κ2) is 8.64. The van der Waals surface area contributed by atoms with Crippen molar-refractivity contribution >= 4 is 0 Å². The fourth-order valence-corrected chi connectivity index (χ4v) is 6.05. The van der Waals surface area contributed by atoms with E-state index in [4.69, 9.17) is 9.47 Å². The molecule has 0 radical (unpaired) electrons. The van der Waals surface area contributed by atoms with Crippen LogP contribution in [0.15, 0.2) is 0 Å². The average molecular weight is 381 g/mol. The molecule has 2 aliphatic heterocycles. The smallest absolute Gasteiger partial charge is 0.0601 e. The molecule has 27 heavy (non-hydrogen) atoms. The highest BCUT2D eigenvalue weighted by Gasteiger charge is 2.45. The highest BCUT2D eigenvalue weighted by Crippen LogP contribution is 2.36. The number of nitrogens with one attached hydrogen (secondary N) is 2. The second-order valence-corrected chi connectivity index (χ2v) is 9.42. The monoisotopic (exact) mass is 380 g/mol. The average Bonchev–Trinajstić information content (AvgIpc) is 2.57. The van der Waals surface area contributed by atoms with Gasteiger partial charge in [0, 0.05) is 76.6 Å². The van der Waals surface area contributed by atoms with Gasteiger partial charge in [-0.2, -0.15) is 0 Å². The van der Waals surface area contributed by atoms with Crippen molar-refractivity contribution in [2.75, 3.05) is 40.4 Å². The molecule has 2 heterocycles. The molecule has 4 rings (SSSR count). The predicted molar refractivity (Wildman–Crippen MR) is 108 cm³/mol. The Morgan fingerprint density at radius 3 is 1.48 bits per heavy atom. The molecule has 4 aliphatic rings. The molecule has 2 aliphatic carbocycles. The zero-order valence-electron chi connectivity index (χ0n) is 17.7. The Labute approximate surface area is 165 Å². The molecule has 6 heteroatoms. The SMILES string of the molecule is CO[C@H]1C[C@H](N2[C@H](C[C@@H]3CNC[C@H](C)N3[C@H]3C[C@H](OC)C3)CNC[C@H]2C)C1. The molecule has 4 fully saturated rings. The highest BCUT2D eigenvalue weighted by atomic mass is 16.5. The summed E-state index contributed by atoms with van der Waals surface area (Å²) in [5.41, 5.74) is 0. The molecule has 156 valence electrons. The van der Waals surface area contributed by atoms with Gasteiger partial charge in [0.15, 0.2) is 0 Å². The van der Waals surface area contributed by atoms with Crippen LogP contribution in [0.2, 0.25) is 0 Å². The third-order valence-corrected chi connectivity index (χ3v) is 7.69. The third-order valence-electron chi connectivity index (χ3n) is 7.69. The molecular weight excluding hydrogens is 340 g/mol. The van der Waals surface area contributed by atoms with Crippen molar-refractivity contribution in [3.63, 3.8) is 0 Å². The standard InChI is InChI=1S/C21H40N4O2/c1-14-10-22-12-18(24(14)16-6-20(7-16)26-3)5-19-13-23-11-15(2)25(19)17-8-21(9-17)27-4/h14-23H,5-13H2,1-4H3/t14-,15+,16-,17-,18-,19-,20-,21-/m1/s1. The maximum atomic E-state index is 5.56. The molecule has 0 unspecified atom stereocenters. The van der Waals surface area contributed by atoms with Gasteiger partial charge in [-0.25, -0.2) is 0 Å². The van der Waals surface area contributed by atoms with Crippen LogP contribution in [-0.4, -0.2) is 98.7 Å². The van der Waals surface area contributed by atoms with Gasteiger partial charge in [0.1, 0.15) is 0 Å². The van der Waals surface area contributed by atoms with E-state index in [0.717, 1.165) is 26.2 Å². The normalized spacial score (nSPS) is 46.7. The van der Waals surface area contributed by atoms with E-state index in [1.165, 1.54) is 32.1 Å². The van der Waals surface area contributed by atoms with Crippen LogP contribution < -0.4 is 10.6 Å². The van der Waals surface area contributed by atoms with Crippen LogP contribution >= 0.6 is 0 Å². The van der Waals surface area contributed by atoms with E-state index in [1.54, 1.807) is 0 Å². The van der Waals surface area contributed by atoms with E-state index < -0.39 is 0 Å². The molecule has 0 amide bonds. The minimum atomic E-state index is 0.478. The number of hydrogen-bond donors (Lipinski definition) is 2. The topological polar surface area (TPSA) is 49.0 Å². The molecule has 0 aromatic rings. The Hall–Kier alpha value is -0.240. The zero-order valence-corrected chi connectivity index (χ0v) is 17.7. The quantitative estimate of drug-likeness (QED) is 0.719. The van der Waals surface area contributed by atoms with Crippen LogP contribution in [0.3, 0.4) is 0 Å². The first kappa shape index (κ1) is 20.0. The summed E-state index contributed by atoms with van der Waals surface area (Å²) in [5.74, 6) is 0. The first-order valence-electron chi connectivity index (χ1n) is 11.1. The van der Waals surface area contributed by atoms with E-state index in [2.05, 4.69) is 34.3 Å². The maximum Gasteiger partial charge on any atom is 0.0601 e. The van der Waals surface area contributed by atoms with Crippen molar-refractivity contribution in [2.45, 2.75) is 94.4 Å². The number of hydrogen-bond acceptors (Lipinski definition) is 6. The van der Waals surface area contributed by atoms with E-state index in [1.807, 2.05) is 14.2 Å². The Balaban J connectivity index is 1.41. The number of methoxy groups -OCH3 is 2. The van der Waals surface area contributed by atoms with Crippen molar-refractivity contribution in [3.05, 3.63) is 0 Å². The van der Waals surface area contributed by atoms with Crippen LogP contribution in [0.1, 0.15) is 46.0 Å². The van der Waals surface area contributed by atoms with E-state index >= 15 is 0 Å². The van der Waals surface area contributed by atoms with Gasteiger partial charge in [-0.1, -0.05) is 0 Å². The van der Waals surface area contributed by atoms with Crippen LogP contribution in [0, 0.1) is 0 Å². The van der Waals surface area contributed by atoms with Crippen molar-refractivity contribution in [3.8, 4) is 0 Å². The molecule has 0 spiro atoms. The van der Waals surface area contributed by atoms with Gasteiger partial charge in [-0.3, -0.25) is 9.80 Å². The molecule has 0 aromatic carbocycles. The van der Waals surface area contributed by atoms with E-state index in [0.29, 0.717) is 48.5 Å². The lowest BCUT2D eigenvalue weighted by Gasteiger charge is -2.55. The van der Waals surface area contributed by atoms with Crippen LogP contribution in [-0.2, 0) is 9.47 Å². The summed E-state index contributed by atoms with van der Waals surface area (Å²) in [4.78, 5) is 5.67. The fourth-order valence-electron chi connectivity index (χ4n) is 6.05. The summed E-state index contributed by atoms with van der Waals surface area (Å²) < 4.78 is 11.1. The molecular formula is C21H40N4O2. The van der Waals surface area contributed by atoms with Crippen molar-refractivity contribution in [2.24, 2.45) is 0 Å². The van der Waals surface area contributed by atoms with Gasteiger partial charge in [0.2, 0.25) is 0 Å².